The number of benzene rings is 4. The van der Waals surface area contributed by atoms with Crippen molar-refractivity contribution in [3.63, 3.8) is 0 Å². The van der Waals surface area contributed by atoms with Crippen molar-refractivity contribution in [2.45, 2.75) is 36.5 Å². The Morgan fingerprint density at radius 3 is 2.32 bits per heavy atom. The summed E-state index contributed by atoms with van der Waals surface area (Å²) in [4.78, 5) is 0. The molecule has 0 amide bonds. The van der Waals surface area contributed by atoms with Crippen molar-refractivity contribution in [1.82, 2.24) is 0 Å². The van der Waals surface area contributed by atoms with E-state index in [-0.39, 0.29) is 6.84 Å². The minimum atomic E-state index is -0.444. The van der Waals surface area contributed by atoms with Crippen LogP contribution in [0.2, 0.25) is 0 Å². The predicted molar refractivity (Wildman–Crippen MR) is 155 cm³/mol. The van der Waals surface area contributed by atoms with Crippen LogP contribution >= 0.6 is 0 Å². The summed E-state index contributed by atoms with van der Waals surface area (Å²) in [5.41, 5.74) is 14.0. The van der Waals surface area contributed by atoms with Crippen molar-refractivity contribution < 1.29 is 1.43 Å². The van der Waals surface area contributed by atoms with Crippen molar-refractivity contribution >= 4 is 11.4 Å². The molecule has 37 heavy (non-hydrogen) atoms. The summed E-state index contributed by atoms with van der Waals surface area (Å²) in [6.07, 6.45) is 13.5. The van der Waals surface area contributed by atoms with Gasteiger partial charge in [-0.2, -0.15) is 0 Å². The molecule has 2 atom stereocenters. The van der Waals surface area contributed by atoms with Gasteiger partial charge >= 0.3 is 0 Å². The third kappa shape index (κ3) is 2.54. The van der Waals surface area contributed by atoms with Gasteiger partial charge < -0.3 is 5.32 Å². The standard InChI is InChI=1S/C36H29N.H2/c1-24-12-4-3-9-21-35(27-15-5-2-6-16-27)28-17-7-8-18-29(28)36(24)31-22-25-13-10-14-26(25)23-33(31)37-32-20-11-19-30(35)34(32)36;/h2-9,11-12,15-20,22-23,37H,1,10,13-14,21H2;1H/b9-3-,12-4-;. The van der Waals surface area contributed by atoms with E-state index in [0.717, 1.165) is 18.4 Å². The third-order valence-electron chi connectivity index (χ3n) is 9.31. The topological polar surface area (TPSA) is 12.0 Å². The summed E-state index contributed by atoms with van der Waals surface area (Å²) in [6.45, 7) is 4.82. The van der Waals surface area contributed by atoms with E-state index >= 15 is 0 Å². The molecule has 3 aliphatic carbocycles. The Labute approximate surface area is 220 Å². The van der Waals surface area contributed by atoms with Crippen molar-refractivity contribution in [1.29, 1.82) is 0 Å². The summed E-state index contributed by atoms with van der Waals surface area (Å²) >= 11 is 0. The lowest BCUT2D eigenvalue weighted by molar-refractivity contribution is 0.551. The van der Waals surface area contributed by atoms with Crippen molar-refractivity contribution in [2.75, 3.05) is 5.32 Å². The van der Waals surface area contributed by atoms with Crippen molar-refractivity contribution in [2.24, 2.45) is 0 Å². The first-order valence-electron chi connectivity index (χ1n) is 13.5. The molecule has 4 aromatic rings. The number of aryl methyl sites for hydroxylation is 2. The van der Waals surface area contributed by atoms with E-state index in [1.54, 1.807) is 0 Å². The number of hydrogen-bond donors (Lipinski definition) is 1. The Balaban J connectivity index is 0.00000242. The Bertz CT molecular complexity index is 1680. The van der Waals surface area contributed by atoms with Gasteiger partial charge in [0, 0.05) is 18.2 Å². The van der Waals surface area contributed by atoms with Crippen LogP contribution in [-0.2, 0) is 23.7 Å². The first-order valence-corrected chi connectivity index (χ1v) is 13.5. The van der Waals surface area contributed by atoms with Gasteiger partial charge in [0.25, 0.3) is 0 Å². The summed E-state index contributed by atoms with van der Waals surface area (Å²) in [7, 11) is 0. The molecule has 1 N–H and O–H groups in total. The third-order valence-corrected chi connectivity index (χ3v) is 9.31. The molecule has 0 fully saturated rings. The van der Waals surface area contributed by atoms with E-state index in [1.165, 1.54) is 68.7 Å². The molecule has 1 aliphatic heterocycles. The predicted octanol–water partition coefficient (Wildman–Crippen LogP) is 8.53. The van der Waals surface area contributed by atoms with Gasteiger partial charge in [-0.1, -0.05) is 104 Å². The smallest absolute Gasteiger partial charge is 0.0742 e. The van der Waals surface area contributed by atoms with Gasteiger partial charge in [0.05, 0.1) is 5.41 Å². The molecule has 2 bridgehead atoms. The van der Waals surface area contributed by atoms with E-state index in [4.69, 9.17) is 6.58 Å². The number of anilines is 2. The summed E-state index contributed by atoms with van der Waals surface area (Å²) in [5.74, 6) is 0. The summed E-state index contributed by atoms with van der Waals surface area (Å²) in [6, 6.07) is 32.1. The lowest BCUT2D eigenvalue weighted by Gasteiger charge is -2.53. The Hall–Kier alpha value is -4.10. The lowest BCUT2D eigenvalue weighted by Crippen LogP contribution is -2.47. The number of rotatable bonds is 1. The summed E-state index contributed by atoms with van der Waals surface area (Å²) in [5, 5.41) is 3.91. The molecular formula is C36H31N. The normalized spacial score (nSPS) is 25.8. The molecule has 0 saturated heterocycles. The van der Waals surface area contributed by atoms with Crippen LogP contribution in [0.5, 0.6) is 0 Å². The first kappa shape index (κ1) is 21.0. The second-order valence-electron chi connectivity index (χ2n) is 11.0. The SMILES string of the molecule is C=C1/C=C\C=C/CC2(c3ccccc3)c3ccccc3C13c1cc4c(cc1Nc1cccc2c13)CCC4.[HH]. The van der Waals surface area contributed by atoms with Gasteiger partial charge in [0.2, 0.25) is 0 Å². The minimum Gasteiger partial charge on any atom is -0.355 e. The maximum atomic E-state index is 4.82. The van der Waals surface area contributed by atoms with Gasteiger partial charge in [-0.3, -0.25) is 0 Å². The van der Waals surface area contributed by atoms with Crippen LogP contribution in [0.15, 0.2) is 121 Å². The zero-order chi connectivity index (χ0) is 24.6. The lowest BCUT2D eigenvalue weighted by atomic mass is 9.50. The van der Waals surface area contributed by atoms with Crippen LogP contribution in [0.4, 0.5) is 11.4 Å². The van der Waals surface area contributed by atoms with Crippen molar-refractivity contribution in [3.8, 4) is 0 Å². The van der Waals surface area contributed by atoms with Crippen LogP contribution in [0, 0.1) is 0 Å². The molecule has 2 unspecified atom stereocenters. The van der Waals surface area contributed by atoms with Gasteiger partial charge in [-0.05, 0) is 87.9 Å². The van der Waals surface area contributed by atoms with E-state index in [2.05, 4.69) is 115 Å². The number of nitrogens with one attached hydrogen (secondary N) is 1. The largest absolute Gasteiger partial charge is 0.355 e. The molecule has 4 aliphatic rings. The van der Waals surface area contributed by atoms with E-state index in [9.17, 15) is 0 Å². The van der Waals surface area contributed by atoms with E-state index in [1.807, 2.05) is 0 Å². The van der Waals surface area contributed by atoms with Crippen molar-refractivity contribution in [3.05, 3.63) is 166 Å². The highest BCUT2D eigenvalue weighted by Gasteiger charge is 2.55. The van der Waals surface area contributed by atoms with Gasteiger partial charge in [-0.15, -0.1) is 0 Å². The number of hydrogen-bond acceptors (Lipinski definition) is 1. The van der Waals surface area contributed by atoms with E-state index in [0.29, 0.717) is 0 Å². The van der Waals surface area contributed by atoms with Gasteiger partial charge in [0.1, 0.15) is 0 Å². The van der Waals surface area contributed by atoms with E-state index < -0.39 is 5.41 Å². The fourth-order valence-corrected chi connectivity index (χ4v) is 7.84. The molecule has 0 radical (unpaired) electrons. The zero-order valence-corrected chi connectivity index (χ0v) is 20.9. The van der Waals surface area contributed by atoms with Crippen LogP contribution in [0.3, 0.4) is 0 Å². The van der Waals surface area contributed by atoms with Crippen LogP contribution in [0.25, 0.3) is 0 Å². The first-order chi connectivity index (χ1) is 18.2. The molecule has 1 heterocycles. The molecule has 0 saturated carbocycles. The van der Waals surface area contributed by atoms with Gasteiger partial charge in [-0.25, -0.2) is 0 Å². The second-order valence-corrected chi connectivity index (χ2v) is 11.0. The van der Waals surface area contributed by atoms with Crippen LogP contribution in [-0.4, -0.2) is 0 Å². The Morgan fingerprint density at radius 1 is 0.703 bits per heavy atom. The number of allylic oxidation sites excluding steroid dienone is 5. The maximum Gasteiger partial charge on any atom is 0.0742 e. The molecule has 0 aromatic heterocycles. The maximum absolute atomic E-state index is 4.82. The molecular weight excluding hydrogens is 446 g/mol. The van der Waals surface area contributed by atoms with Crippen LogP contribution in [0.1, 0.15) is 58.8 Å². The monoisotopic (exact) mass is 477 g/mol. The molecule has 1 heteroatoms. The second kappa shape index (κ2) is 7.46. The van der Waals surface area contributed by atoms with Crippen LogP contribution < -0.4 is 5.32 Å². The average molecular weight is 478 g/mol. The average Bonchev–Trinajstić information content (AvgIpc) is 3.40. The Morgan fingerprint density at radius 2 is 1.46 bits per heavy atom. The Kier molecular flexibility index (Phi) is 4.24. The molecule has 8 rings (SSSR count). The quantitative estimate of drug-likeness (QED) is 0.290. The fourth-order valence-electron chi connectivity index (χ4n) is 7.84. The fraction of sp³-hybridized carbons (Fsp3) is 0.167. The van der Waals surface area contributed by atoms with Gasteiger partial charge in [0.15, 0.2) is 0 Å². The highest BCUT2D eigenvalue weighted by atomic mass is 14.9. The molecule has 1 spiro atoms. The molecule has 1 nitrogen and oxygen atoms in total. The highest BCUT2D eigenvalue weighted by molar-refractivity contribution is 5.88. The molecule has 180 valence electrons. The highest BCUT2D eigenvalue weighted by Crippen LogP contribution is 2.64. The zero-order valence-electron chi connectivity index (χ0n) is 20.9. The molecule has 4 aromatic carbocycles. The number of fused-ring (bicyclic) bond motifs is 3. The summed E-state index contributed by atoms with van der Waals surface area (Å²) < 4.78 is 0. The minimum absolute atomic E-state index is 0.